The van der Waals surface area contributed by atoms with Crippen LogP contribution in [-0.2, 0) is 19.4 Å². The van der Waals surface area contributed by atoms with Crippen molar-refractivity contribution in [2.75, 3.05) is 34.4 Å². The van der Waals surface area contributed by atoms with Gasteiger partial charge in [0.05, 0.1) is 21.3 Å². The van der Waals surface area contributed by atoms with E-state index in [4.69, 9.17) is 14.2 Å². The minimum atomic E-state index is 0.700. The van der Waals surface area contributed by atoms with Gasteiger partial charge in [0, 0.05) is 13.1 Å². The molecule has 4 nitrogen and oxygen atoms in total. The molecule has 2 aromatic carbocycles. The number of rotatable bonds is 7. The molecule has 4 heteroatoms. The van der Waals surface area contributed by atoms with E-state index in [0.717, 1.165) is 43.3 Å². The molecule has 1 heterocycles. The summed E-state index contributed by atoms with van der Waals surface area (Å²) < 4.78 is 16.4. The zero-order chi connectivity index (χ0) is 20.2. The summed E-state index contributed by atoms with van der Waals surface area (Å²) in [5.74, 6) is 3.36. The third-order valence-electron chi connectivity index (χ3n) is 6.61. The van der Waals surface area contributed by atoms with Gasteiger partial charge in [-0.05, 0) is 97.5 Å². The van der Waals surface area contributed by atoms with Crippen LogP contribution in [-0.4, -0.2) is 39.3 Å². The van der Waals surface area contributed by atoms with E-state index in [9.17, 15) is 0 Å². The SMILES string of the molecule is COc1ccc2c(c1)CCCC2CCCN1CCc2cc(OC)c(OC)cc2C1. The Morgan fingerprint density at radius 1 is 0.897 bits per heavy atom. The average molecular weight is 396 g/mol. The summed E-state index contributed by atoms with van der Waals surface area (Å²) in [6.45, 7) is 3.30. The highest BCUT2D eigenvalue weighted by molar-refractivity contribution is 5.48. The van der Waals surface area contributed by atoms with Crippen LogP contribution in [0.5, 0.6) is 17.2 Å². The van der Waals surface area contributed by atoms with Crippen LogP contribution in [0.25, 0.3) is 0 Å². The Kier molecular flexibility index (Phi) is 6.29. The smallest absolute Gasteiger partial charge is 0.161 e. The molecule has 29 heavy (non-hydrogen) atoms. The fourth-order valence-electron chi connectivity index (χ4n) is 5.01. The Bertz CT molecular complexity index is 848. The first kappa shape index (κ1) is 20.1. The highest BCUT2D eigenvalue weighted by Gasteiger charge is 2.22. The van der Waals surface area contributed by atoms with Gasteiger partial charge in [-0.1, -0.05) is 6.07 Å². The number of hydrogen-bond acceptors (Lipinski definition) is 4. The Balaban J connectivity index is 1.35. The van der Waals surface area contributed by atoms with E-state index in [1.54, 1.807) is 26.9 Å². The van der Waals surface area contributed by atoms with Gasteiger partial charge in [0.25, 0.3) is 0 Å². The van der Waals surface area contributed by atoms with Gasteiger partial charge >= 0.3 is 0 Å². The van der Waals surface area contributed by atoms with Crippen molar-refractivity contribution in [2.24, 2.45) is 0 Å². The number of fused-ring (bicyclic) bond motifs is 2. The molecule has 156 valence electrons. The summed E-state index contributed by atoms with van der Waals surface area (Å²) in [6, 6.07) is 11.0. The lowest BCUT2D eigenvalue weighted by atomic mass is 9.80. The molecule has 1 aliphatic carbocycles. The molecule has 0 radical (unpaired) electrons. The van der Waals surface area contributed by atoms with E-state index in [2.05, 4.69) is 35.2 Å². The fourth-order valence-corrected chi connectivity index (χ4v) is 5.01. The molecule has 0 spiro atoms. The summed E-state index contributed by atoms with van der Waals surface area (Å²) in [4.78, 5) is 2.59. The van der Waals surface area contributed by atoms with E-state index < -0.39 is 0 Å². The maximum Gasteiger partial charge on any atom is 0.161 e. The summed E-state index contributed by atoms with van der Waals surface area (Å²) in [6.07, 6.45) is 7.41. The van der Waals surface area contributed by atoms with Crippen molar-refractivity contribution in [1.29, 1.82) is 0 Å². The average Bonchev–Trinajstić information content (AvgIpc) is 2.77. The zero-order valence-corrected chi connectivity index (χ0v) is 18.0. The van der Waals surface area contributed by atoms with Crippen molar-refractivity contribution >= 4 is 0 Å². The lowest BCUT2D eigenvalue weighted by molar-refractivity contribution is 0.244. The molecule has 1 aliphatic heterocycles. The molecular weight excluding hydrogens is 362 g/mol. The molecule has 0 amide bonds. The molecule has 1 atom stereocenters. The van der Waals surface area contributed by atoms with E-state index in [-0.39, 0.29) is 0 Å². The van der Waals surface area contributed by atoms with Crippen LogP contribution in [0.4, 0.5) is 0 Å². The van der Waals surface area contributed by atoms with Gasteiger partial charge in [0.1, 0.15) is 5.75 Å². The number of aryl methyl sites for hydroxylation is 1. The second-order valence-electron chi connectivity index (χ2n) is 8.30. The third-order valence-corrected chi connectivity index (χ3v) is 6.61. The van der Waals surface area contributed by atoms with Gasteiger partial charge in [-0.3, -0.25) is 4.90 Å². The molecule has 1 unspecified atom stereocenters. The lowest BCUT2D eigenvalue weighted by Gasteiger charge is -2.31. The minimum Gasteiger partial charge on any atom is -0.497 e. The highest BCUT2D eigenvalue weighted by atomic mass is 16.5. The lowest BCUT2D eigenvalue weighted by Crippen LogP contribution is -2.31. The van der Waals surface area contributed by atoms with Crippen LogP contribution in [0, 0.1) is 0 Å². The number of ether oxygens (including phenoxy) is 3. The second-order valence-corrected chi connectivity index (χ2v) is 8.30. The molecule has 0 saturated heterocycles. The maximum absolute atomic E-state index is 5.50. The molecule has 0 bridgehead atoms. The van der Waals surface area contributed by atoms with Crippen LogP contribution >= 0.6 is 0 Å². The monoisotopic (exact) mass is 395 g/mol. The van der Waals surface area contributed by atoms with E-state index in [1.807, 2.05) is 0 Å². The van der Waals surface area contributed by atoms with Gasteiger partial charge in [0.15, 0.2) is 11.5 Å². The Hall–Kier alpha value is -2.20. The topological polar surface area (TPSA) is 30.9 Å². The van der Waals surface area contributed by atoms with Gasteiger partial charge in [-0.25, -0.2) is 0 Å². The quantitative estimate of drug-likeness (QED) is 0.662. The normalized spacial score (nSPS) is 18.7. The summed E-state index contributed by atoms with van der Waals surface area (Å²) in [5.41, 5.74) is 5.82. The van der Waals surface area contributed by atoms with Crippen LogP contribution in [0.15, 0.2) is 30.3 Å². The van der Waals surface area contributed by atoms with Gasteiger partial charge in [0.2, 0.25) is 0 Å². The Morgan fingerprint density at radius 3 is 2.45 bits per heavy atom. The van der Waals surface area contributed by atoms with Gasteiger partial charge in [-0.15, -0.1) is 0 Å². The van der Waals surface area contributed by atoms with Crippen LogP contribution in [0.3, 0.4) is 0 Å². The number of hydrogen-bond donors (Lipinski definition) is 0. The standard InChI is InChI=1S/C25H33NO3/c1-27-22-9-10-23-18(6-4-7-20(23)14-22)8-5-12-26-13-11-19-15-24(28-2)25(29-3)16-21(19)17-26/h9-10,14-16,18H,4-8,11-13,17H2,1-3H3. The van der Waals surface area contributed by atoms with Gasteiger partial charge < -0.3 is 14.2 Å². The van der Waals surface area contributed by atoms with E-state index in [1.165, 1.54) is 48.8 Å². The predicted molar refractivity (Wildman–Crippen MR) is 116 cm³/mol. The second kappa shape index (κ2) is 9.08. The molecular formula is C25H33NO3. The molecule has 4 rings (SSSR count). The Labute approximate surface area is 174 Å². The van der Waals surface area contributed by atoms with Gasteiger partial charge in [-0.2, -0.15) is 0 Å². The van der Waals surface area contributed by atoms with Crippen molar-refractivity contribution in [3.63, 3.8) is 0 Å². The fraction of sp³-hybridized carbons (Fsp3) is 0.520. The maximum atomic E-state index is 5.50. The number of nitrogens with zero attached hydrogens (tertiary/aromatic N) is 1. The predicted octanol–water partition coefficient (Wildman–Crippen LogP) is 4.97. The van der Waals surface area contributed by atoms with Crippen molar-refractivity contribution in [1.82, 2.24) is 4.90 Å². The Morgan fingerprint density at radius 2 is 1.69 bits per heavy atom. The molecule has 0 N–H and O–H groups in total. The number of methoxy groups -OCH3 is 3. The third kappa shape index (κ3) is 4.37. The first-order valence-corrected chi connectivity index (χ1v) is 10.8. The molecule has 2 aliphatic rings. The van der Waals surface area contributed by atoms with Crippen LogP contribution < -0.4 is 14.2 Å². The minimum absolute atomic E-state index is 0.700. The van der Waals surface area contributed by atoms with Crippen molar-refractivity contribution in [3.05, 3.63) is 52.6 Å². The largest absolute Gasteiger partial charge is 0.497 e. The summed E-state index contributed by atoms with van der Waals surface area (Å²) in [7, 11) is 5.17. The number of benzene rings is 2. The first-order chi connectivity index (χ1) is 14.2. The van der Waals surface area contributed by atoms with Crippen molar-refractivity contribution < 1.29 is 14.2 Å². The summed E-state index contributed by atoms with van der Waals surface area (Å²) in [5, 5.41) is 0. The van der Waals surface area contributed by atoms with E-state index in [0.29, 0.717) is 5.92 Å². The van der Waals surface area contributed by atoms with E-state index >= 15 is 0 Å². The first-order valence-electron chi connectivity index (χ1n) is 10.8. The van der Waals surface area contributed by atoms with Crippen LogP contribution in [0.2, 0.25) is 0 Å². The zero-order valence-electron chi connectivity index (χ0n) is 18.0. The summed E-state index contributed by atoms with van der Waals surface area (Å²) >= 11 is 0. The van der Waals surface area contributed by atoms with Crippen LogP contribution in [0.1, 0.15) is 53.9 Å². The molecule has 0 fully saturated rings. The van der Waals surface area contributed by atoms with Crippen molar-refractivity contribution in [3.8, 4) is 17.2 Å². The van der Waals surface area contributed by atoms with Crippen molar-refractivity contribution in [2.45, 2.75) is 51.0 Å². The highest BCUT2D eigenvalue weighted by Crippen LogP contribution is 2.37. The molecule has 2 aromatic rings. The molecule has 0 aromatic heterocycles. The molecule has 0 saturated carbocycles.